The normalized spacial score (nSPS) is 14.2. The fraction of sp³-hybridized carbons (Fsp3) is 0.364. The lowest BCUT2D eigenvalue weighted by molar-refractivity contribution is -0.150. The topological polar surface area (TPSA) is 52.3 Å². The molecule has 0 heterocycles. The first-order chi connectivity index (χ1) is 7.99. The van der Waals surface area contributed by atoms with E-state index in [2.05, 4.69) is 20.7 Å². The van der Waals surface area contributed by atoms with Gasteiger partial charge in [0, 0.05) is 10.0 Å². The first-order valence-corrected chi connectivity index (χ1v) is 5.78. The van der Waals surface area contributed by atoms with Crippen molar-refractivity contribution < 1.29 is 18.3 Å². The Hall–Kier alpha value is -1.01. The summed E-state index contributed by atoms with van der Waals surface area (Å²) in [6.45, 7) is 1.60. The van der Waals surface area contributed by atoms with Crippen molar-refractivity contribution in [3.05, 3.63) is 34.1 Å². The van der Waals surface area contributed by atoms with Crippen LogP contribution in [-0.2, 0) is 9.53 Å². The van der Waals surface area contributed by atoms with E-state index in [0.29, 0.717) is 4.47 Å². The average molecular weight is 308 g/mol. The Kier molecular flexibility index (Phi) is 5.02. The summed E-state index contributed by atoms with van der Waals surface area (Å²) in [5, 5.41) is 0. The third-order valence-electron chi connectivity index (χ3n) is 2.16. The summed E-state index contributed by atoms with van der Waals surface area (Å²) in [7, 11) is 0. The third kappa shape index (κ3) is 3.23. The van der Waals surface area contributed by atoms with Gasteiger partial charge in [0.1, 0.15) is 5.82 Å². The number of hydrogen-bond donors (Lipinski definition) is 1. The van der Waals surface area contributed by atoms with Gasteiger partial charge < -0.3 is 10.5 Å². The molecule has 0 fully saturated rings. The van der Waals surface area contributed by atoms with Crippen molar-refractivity contribution in [3.8, 4) is 0 Å². The molecule has 0 spiro atoms. The smallest absolute Gasteiger partial charge is 0.342 e. The van der Waals surface area contributed by atoms with Gasteiger partial charge in [-0.15, -0.1) is 0 Å². The number of halogens is 3. The molecule has 0 amide bonds. The highest BCUT2D eigenvalue weighted by Crippen LogP contribution is 2.28. The number of carbonyl (C=O) groups excluding carboxylic acids is 1. The number of ether oxygens (including phenoxy) is 1. The Morgan fingerprint density at radius 1 is 1.59 bits per heavy atom. The van der Waals surface area contributed by atoms with Crippen LogP contribution in [0.2, 0.25) is 0 Å². The van der Waals surface area contributed by atoms with Crippen LogP contribution in [0, 0.1) is 5.82 Å². The molecule has 1 aromatic carbocycles. The zero-order chi connectivity index (χ0) is 13.0. The molecule has 0 bridgehead atoms. The highest BCUT2D eigenvalue weighted by Gasteiger charge is 2.30. The van der Waals surface area contributed by atoms with E-state index in [4.69, 9.17) is 5.73 Å². The van der Waals surface area contributed by atoms with E-state index in [0.717, 1.165) is 6.07 Å². The molecule has 6 heteroatoms. The fourth-order valence-corrected chi connectivity index (χ4v) is 1.95. The lowest BCUT2D eigenvalue weighted by Crippen LogP contribution is -2.32. The fourth-order valence-electron chi connectivity index (χ4n) is 1.34. The van der Waals surface area contributed by atoms with Gasteiger partial charge in [-0.2, -0.15) is 0 Å². The van der Waals surface area contributed by atoms with Gasteiger partial charge in [0.2, 0.25) is 6.17 Å². The number of nitrogens with two attached hydrogens (primary N) is 1. The summed E-state index contributed by atoms with van der Waals surface area (Å²) in [5.74, 6) is -1.76. The maximum absolute atomic E-state index is 13.6. The second-order valence-corrected chi connectivity index (χ2v) is 4.17. The molecular formula is C11H12BrF2NO2. The van der Waals surface area contributed by atoms with Crippen LogP contribution < -0.4 is 5.73 Å². The van der Waals surface area contributed by atoms with E-state index >= 15 is 0 Å². The third-order valence-corrected chi connectivity index (χ3v) is 2.85. The van der Waals surface area contributed by atoms with Crippen molar-refractivity contribution >= 4 is 21.9 Å². The maximum Gasteiger partial charge on any atom is 0.342 e. The van der Waals surface area contributed by atoms with E-state index in [1.165, 1.54) is 12.1 Å². The van der Waals surface area contributed by atoms with Gasteiger partial charge in [0.05, 0.1) is 12.6 Å². The van der Waals surface area contributed by atoms with Gasteiger partial charge in [0.15, 0.2) is 0 Å². The number of hydrogen-bond acceptors (Lipinski definition) is 3. The van der Waals surface area contributed by atoms with E-state index < -0.39 is 24.0 Å². The molecule has 0 saturated heterocycles. The standard InChI is InChI=1S/C11H12BrF2NO2/c1-2-17-11(16)9(14)10(15)8-6(12)4-3-5-7(8)13/h3-5,9-10H,2,15H2,1H3/t9?,10-/m1/s1. The SMILES string of the molecule is CCOC(=O)C(F)[C@H](N)c1c(F)cccc1Br. The van der Waals surface area contributed by atoms with Gasteiger partial charge >= 0.3 is 5.97 Å². The first-order valence-electron chi connectivity index (χ1n) is 4.99. The monoisotopic (exact) mass is 307 g/mol. The zero-order valence-corrected chi connectivity index (χ0v) is 10.7. The quantitative estimate of drug-likeness (QED) is 0.870. The summed E-state index contributed by atoms with van der Waals surface area (Å²) >= 11 is 3.07. The molecule has 1 rings (SSSR count). The van der Waals surface area contributed by atoms with Crippen molar-refractivity contribution in [2.45, 2.75) is 19.1 Å². The van der Waals surface area contributed by atoms with Gasteiger partial charge in [-0.25, -0.2) is 13.6 Å². The van der Waals surface area contributed by atoms with E-state index in [1.807, 2.05) is 0 Å². The second kappa shape index (κ2) is 6.07. The number of esters is 1. The number of alkyl halides is 1. The molecule has 0 aliphatic heterocycles. The van der Waals surface area contributed by atoms with Crippen LogP contribution in [0.3, 0.4) is 0 Å². The molecule has 0 saturated carbocycles. The van der Waals surface area contributed by atoms with Crippen molar-refractivity contribution in [1.82, 2.24) is 0 Å². The minimum absolute atomic E-state index is 0.0460. The minimum atomic E-state index is -2.09. The number of benzene rings is 1. The predicted molar refractivity (Wildman–Crippen MR) is 62.6 cm³/mol. The Morgan fingerprint density at radius 3 is 2.76 bits per heavy atom. The Labute approximate surface area is 106 Å². The Bertz CT molecular complexity index is 394. The van der Waals surface area contributed by atoms with Crippen molar-refractivity contribution in [2.75, 3.05) is 6.61 Å². The number of carbonyl (C=O) groups is 1. The minimum Gasteiger partial charge on any atom is -0.464 e. The molecule has 94 valence electrons. The zero-order valence-electron chi connectivity index (χ0n) is 9.12. The summed E-state index contributed by atoms with van der Waals surface area (Å²) in [5.41, 5.74) is 5.45. The Balaban J connectivity index is 2.96. The van der Waals surface area contributed by atoms with Gasteiger partial charge in [0.25, 0.3) is 0 Å². The van der Waals surface area contributed by atoms with Crippen LogP contribution in [0.4, 0.5) is 8.78 Å². The van der Waals surface area contributed by atoms with Crippen LogP contribution in [0.5, 0.6) is 0 Å². The average Bonchev–Trinajstić information content (AvgIpc) is 2.27. The Morgan fingerprint density at radius 2 is 2.24 bits per heavy atom. The lowest BCUT2D eigenvalue weighted by atomic mass is 10.0. The van der Waals surface area contributed by atoms with E-state index in [1.54, 1.807) is 6.92 Å². The highest BCUT2D eigenvalue weighted by molar-refractivity contribution is 9.10. The maximum atomic E-state index is 13.6. The molecule has 2 N–H and O–H groups in total. The molecule has 3 nitrogen and oxygen atoms in total. The van der Waals surface area contributed by atoms with Crippen molar-refractivity contribution in [3.63, 3.8) is 0 Å². The van der Waals surface area contributed by atoms with Crippen LogP contribution >= 0.6 is 15.9 Å². The second-order valence-electron chi connectivity index (χ2n) is 3.31. The molecular weight excluding hydrogens is 296 g/mol. The summed E-state index contributed by atoms with van der Waals surface area (Å²) in [4.78, 5) is 11.2. The van der Waals surface area contributed by atoms with E-state index in [9.17, 15) is 13.6 Å². The molecule has 17 heavy (non-hydrogen) atoms. The van der Waals surface area contributed by atoms with Crippen molar-refractivity contribution in [1.29, 1.82) is 0 Å². The number of rotatable bonds is 4. The molecule has 2 atom stereocenters. The molecule has 1 aromatic rings. The first kappa shape index (κ1) is 14.1. The molecule has 0 aromatic heterocycles. The van der Waals surface area contributed by atoms with Crippen molar-refractivity contribution in [2.24, 2.45) is 5.73 Å². The van der Waals surface area contributed by atoms with E-state index in [-0.39, 0.29) is 12.2 Å². The van der Waals surface area contributed by atoms with Gasteiger partial charge in [-0.3, -0.25) is 0 Å². The lowest BCUT2D eigenvalue weighted by Gasteiger charge is -2.17. The highest BCUT2D eigenvalue weighted by atomic mass is 79.9. The largest absolute Gasteiger partial charge is 0.464 e. The van der Waals surface area contributed by atoms with Crippen LogP contribution in [0.15, 0.2) is 22.7 Å². The predicted octanol–water partition coefficient (Wildman–Crippen LogP) is 2.49. The molecule has 1 unspecified atom stereocenters. The van der Waals surface area contributed by atoms with Gasteiger partial charge in [-0.05, 0) is 19.1 Å². The van der Waals surface area contributed by atoms with Crippen LogP contribution in [0.1, 0.15) is 18.5 Å². The molecule has 0 aliphatic carbocycles. The summed E-state index contributed by atoms with van der Waals surface area (Å²) < 4.78 is 31.9. The summed E-state index contributed by atoms with van der Waals surface area (Å²) in [6.07, 6.45) is -2.09. The molecule has 0 aliphatic rings. The van der Waals surface area contributed by atoms with Crippen LogP contribution in [-0.4, -0.2) is 18.7 Å². The molecule has 0 radical (unpaired) electrons. The van der Waals surface area contributed by atoms with Gasteiger partial charge in [-0.1, -0.05) is 22.0 Å². The summed E-state index contributed by atoms with van der Waals surface area (Å²) in [6, 6.07) is 2.73. The van der Waals surface area contributed by atoms with Crippen LogP contribution in [0.25, 0.3) is 0 Å².